The van der Waals surface area contributed by atoms with E-state index < -0.39 is 10.0 Å². The molecule has 1 aromatic heterocycles. The van der Waals surface area contributed by atoms with E-state index in [1.807, 2.05) is 17.5 Å². The number of hydrogen-bond acceptors (Lipinski definition) is 3. The van der Waals surface area contributed by atoms with Gasteiger partial charge >= 0.3 is 0 Å². The average Bonchev–Trinajstić information content (AvgIpc) is 2.81. The molecule has 2 rings (SSSR count). The Morgan fingerprint density at radius 3 is 2.67 bits per heavy atom. The zero-order valence-electron chi connectivity index (χ0n) is 9.71. The van der Waals surface area contributed by atoms with E-state index in [0.717, 1.165) is 9.35 Å². The second-order valence-electron chi connectivity index (χ2n) is 3.80. The lowest BCUT2D eigenvalue weighted by molar-refractivity contribution is 0.469. The quantitative estimate of drug-likeness (QED) is 0.852. The van der Waals surface area contributed by atoms with Crippen LogP contribution in [0.2, 0.25) is 0 Å². The molecule has 0 radical (unpaired) electrons. The van der Waals surface area contributed by atoms with Crippen LogP contribution in [0.1, 0.15) is 4.88 Å². The van der Waals surface area contributed by atoms with Crippen LogP contribution in [-0.4, -0.2) is 19.8 Å². The van der Waals surface area contributed by atoms with Crippen molar-refractivity contribution >= 4 is 37.3 Å². The maximum absolute atomic E-state index is 12.3. The van der Waals surface area contributed by atoms with Crippen LogP contribution in [0.25, 0.3) is 0 Å². The maximum atomic E-state index is 12.3. The minimum Gasteiger partial charge on any atom is -0.207 e. The average molecular weight is 346 g/mol. The lowest BCUT2D eigenvalue weighted by Gasteiger charge is -2.16. The number of halogens is 1. The van der Waals surface area contributed by atoms with Gasteiger partial charge in [0, 0.05) is 22.9 Å². The van der Waals surface area contributed by atoms with Crippen molar-refractivity contribution in [1.29, 1.82) is 0 Å². The monoisotopic (exact) mass is 345 g/mol. The summed E-state index contributed by atoms with van der Waals surface area (Å²) < 4.78 is 26.8. The highest BCUT2D eigenvalue weighted by Crippen LogP contribution is 2.21. The van der Waals surface area contributed by atoms with Crippen LogP contribution >= 0.6 is 27.3 Å². The van der Waals surface area contributed by atoms with Crippen LogP contribution < -0.4 is 0 Å². The van der Waals surface area contributed by atoms with Gasteiger partial charge in [-0.25, -0.2) is 8.42 Å². The van der Waals surface area contributed by atoms with Crippen molar-refractivity contribution in [1.82, 2.24) is 4.31 Å². The molecule has 1 aromatic carbocycles. The number of rotatable bonds is 4. The zero-order chi connectivity index (χ0) is 13.2. The van der Waals surface area contributed by atoms with Gasteiger partial charge in [-0.2, -0.15) is 4.31 Å². The molecule has 0 bridgehead atoms. The van der Waals surface area contributed by atoms with Crippen LogP contribution in [0.5, 0.6) is 0 Å². The van der Waals surface area contributed by atoms with E-state index in [0.29, 0.717) is 11.4 Å². The molecule has 0 saturated carbocycles. The third-order valence-corrected chi connectivity index (χ3v) is 5.62. The first-order valence-electron chi connectivity index (χ1n) is 5.24. The normalized spacial score (nSPS) is 11.9. The standard InChI is InChI=1S/C12H12BrNO2S2/c1-14(9-11-5-3-7-17-11)18(15,16)12-6-2-4-10(13)8-12/h2-8H,9H2,1H3. The fourth-order valence-electron chi connectivity index (χ4n) is 1.51. The highest BCUT2D eigenvalue weighted by molar-refractivity contribution is 9.10. The summed E-state index contributed by atoms with van der Waals surface area (Å²) in [6.45, 7) is 0.395. The minimum absolute atomic E-state index is 0.302. The van der Waals surface area contributed by atoms with Crippen LogP contribution in [0.15, 0.2) is 51.1 Å². The van der Waals surface area contributed by atoms with Crippen LogP contribution in [0, 0.1) is 0 Å². The van der Waals surface area contributed by atoms with Crippen molar-refractivity contribution in [3.05, 3.63) is 51.1 Å². The number of hydrogen-bond donors (Lipinski definition) is 0. The molecular weight excluding hydrogens is 334 g/mol. The second-order valence-corrected chi connectivity index (χ2v) is 7.79. The van der Waals surface area contributed by atoms with Crippen LogP contribution in [0.4, 0.5) is 0 Å². The summed E-state index contributed by atoms with van der Waals surface area (Å²) in [6, 6.07) is 10.6. The molecule has 0 spiro atoms. The van der Waals surface area contributed by atoms with E-state index >= 15 is 0 Å². The van der Waals surface area contributed by atoms with E-state index in [-0.39, 0.29) is 0 Å². The highest BCUT2D eigenvalue weighted by Gasteiger charge is 2.21. The van der Waals surface area contributed by atoms with Crippen molar-refractivity contribution in [2.24, 2.45) is 0 Å². The van der Waals surface area contributed by atoms with E-state index in [1.165, 1.54) is 4.31 Å². The first-order valence-corrected chi connectivity index (χ1v) is 8.36. The fraction of sp³-hybridized carbons (Fsp3) is 0.167. The van der Waals surface area contributed by atoms with Crippen molar-refractivity contribution < 1.29 is 8.42 Å². The molecule has 0 aliphatic carbocycles. The zero-order valence-corrected chi connectivity index (χ0v) is 12.9. The summed E-state index contributed by atoms with van der Waals surface area (Å²) in [6.07, 6.45) is 0. The molecule has 3 nitrogen and oxygen atoms in total. The second kappa shape index (κ2) is 5.52. The molecule has 0 fully saturated rings. The van der Waals surface area contributed by atoms with E-state index in [1.54, 1.807) is 42.6 Å². The third-order valence-electron chi connectivity index (χ3n) is 2.46. The highest BCUT2D eigenvalue weighted by atomic mass is 79.9. The molecule has 0 unspecified atom stereocenters. The summed E-state index contributed by atoms with van der Waals surface area (Å²) in [5.74, 6) is 0. The number of benzene rings is 1. The van der Waals surface area contributed by atoms with Gasteiger partial charge in [0.05, 0.1) is 4.90 Å². The molecule has 1 heterocycles. The Kier molecular flexibility index (Phi) is 4.21. The molecule has 0 aliphatic rings. The summed E-state index contributed by atoms with van der Waals surface area (Å²) in [5, 5.41) is 1.94. The minimum atomic E-state index is -3.43. The fourth-order valence-corrected chi connectivity index (χ4v) is 4.10. The Morgan fingerprint density at radius 1 is 1.28 bits per heavy atom. The summed E-state index contributed by atoms with van der Waals surface area (Å²) in [7, 11) is -1.83. The Bertz CT molecular complexity index is 623. The SMILES string of the molecule is CN(Cc1cccs1)S(=O)(=O)c1cccc(Br)c1. The van der Waals surface area contributed by atoms with E-state index in [4.69, 9.17) is 0 Å². The maximum Gasteiger partial charge on any atom is 0.243 e. The molecule has 96 valence electrons. The molecule has 2 aromatic rings. The van der Waals surface area contributed by atoms with Crippen molar-refractivity contribution in [2.45, 2.75) is 11.4 Å². The smallest absolute Gasteiger partial charge is 0.207 e. The van der Waals surface area contributed by atoms with E-state index in [2.05, 4.69) is 15.9 Å². The van der Waals surface area contributed by atoms with Crippen molar-refractivity contribution in [3.8, 4) is 0 Å². The topological polar surface area (TPSA) is 37.4 Å². The lowest BCUT2D eigenvalue weighted by Crippen LogP contribution is -2.26. The van der Waals surface area contributed by atoms with Gasteiger partial charge in [-0.1, -0.05) is 28.1 Å². The van der Waals surface area contributed by atoms with Crippen LogP contribution in [-0.2, 0) is 16.6 Å². The van der Waals surface area contributed by atoms with Gasteiger partial charge in [-0.3, -0.25) is 0 Å². The van der Waals surface area contributed by atoms with Crippen molar-refractivity contribution in [2.75, 3.05) is 7.05 Å². The van der Waals surface area contributed by atoms with Gasteiger partial charge in [0.1, 0.15) is 0 Å². The number of nitrogens with zero attached hydrogens (tertiary/aromatic N) is 1. The summed E-state index contributed by atoms with van der Waals surface area (Å²) in [5.41, 5.74) is 0. The largest absolute Gasteiger partial charge is 0.243 e. The molecule has 0 amide bonds. The predicted octanol–water partition coefficient (Wildman–Crippen LogP) is 3.33. The third kappa shape index (κ3) is 3.00. The molecular formula is C12H12BrNO2S2. The molecule has 0 N–H and O–H groups in total. The Labute approximate surface area is 119 Å². The summed E-state index contributed by atoms with van der Waals surface area (Å²) >= 11 is 4.83. The number of thiophene rings is 1. The van der Waals surface area contributed by atoms with Gasteiger partial charge in [0.25, 0.3) is 0 Å². The number of sulfonamides is 1. The first-order chi connectivity index (χ1) is 8.50. The molecule has 0 saturated heterocycles. The Hall–Kier alpha value is -0.690. The predicted molar refractivity (Wildman–Crippen MR) is 77.1 cm³/mol. The molecule has 0 aliphatic heterocycles. The molecule has 18 heavy (non-hydrogen) atoms. The van der Waals surface area contributed by atoms with Crippen molar-refractivity contribution in [3.63, 3.8) is 0 Å². The molecule has 6 heteroatoms. The lowest BCUT2D eigenvalue weighted by atomic mass is 10.4. The first kappa shape index (κ1) is 13.7. The van der Waals surface area contributed by atoms with Gasteiger partial charge < -0.3 is 0 Å². The molecule has 0 atom stereocenters. The van der Waals surface area contributed by atoms with Gasteiger partial charge in [0.15, 0.2) is 0 Å². The van der Waals surface area contributed by atoms with Crippen LogP contribution in [0.3, 0.4) is 0 Å². The summed E-state index contributed by atoms with van der Waals surface area (Å²) in [4.78, 5) is 1.33. The van der Waals surface area contributed by atoms with Gasteiger partial charge in [-0.05, 0) is 29.6 Å². The Morgan fingerprint density at radius 2 is 2.06 bits per heavy atom. The van der Waals surface area contributed by atoms with Gasteiger partial charge in [0.2, 0.25) is 10.0 Å². The van der Waals surface area contributed by atoms with Gasteiger partial charge in [-0.15, -0.1) is 11.3 Å². The Balaban J connectivity index is 2.25. The van der Waals surface area contributed by atoms with E-state index in [9.17, 15) is 8.42 Å².